The highest BCUT2D eigenvalue weighted by Gasteiger charge is 2.39. The Balaban J connectivity index is 1.42. The van der Waals surface area contributed by atoms with Gasteiger partial charge in [0.2, 0.25) is 0 Å². The number of likely N-dealkylation sites (tertiary alicyclic amines) is 1. The molecule has 180 valence electrons. The number of aryl methyl sites for hydroxylation is 2. The number of aliphatic hydroxyl groups excluding tert-OH is 1. The van der Waals surface area contributed by atoms with Crippen LogP contribution in [0.1, 0.15) is 35.4 Å². The summed E-state index contributed by atoms with van der Waals surface area (Å²) in [4.78, 5) is 15.0. The first kappa shape index (κ1) is 23.1. The molecule has 1 aliphatic rings. The average molecular weight is 493 g/mol. The molecule has 2 amide bonds. The monoisotopic (exact) mass is 492 g/mol. The molecule has 0 radical (unpaired) electrons. The number of hydrogen-bond acceptors (Lipinski definition) is 6. The van der Waals surface area contributed by atoms with Crippen LogP contribution in [0.15, 0.2) is 59.1 Å². The molecular weight excluding hydrogens is 468 g/mol. The number of urea groups is 1. The van der Waals surface area contributed by atoms with Gasteiger partial charge >= 0.3 is 6.03 Å². The first-order chi connectivity index (χ1) is 16.9. The number of rotatable bonds is 5. The largest absolute Gasteiger partial charge is 0.391 e. The van der Waals surface area contributed by atoms with E-state index in [4.69, 9.17) is 16.1 Å². The molecule has 1 fully saturated rings. The quantitative estimate of drug-likeness (QED) is 0.421. The summed E-state index contributed by atoms with van der Waals surface area (Å²) in [5, 5.41) is 26.9. The van der Waals surface area contributed by atoms with Crippen LogP contribution in [0.5, 0.6) is 0 Å². The Morgan fingerprint density at radius 1 is 1.14 bits per heavy atom. The summed E-state index contributed by atoms with van der Waals surface area (Å²) in [7, 11) is 0. The second-order valence-electron chi connectivity index (χ2n) is 8.63. The van der Waals surface area contributed by atoms with Crippen molar-refractivity contribution in [3.05, 3.63) is 82.6 Å². The van der Waals surface area contributed by atoms with E-state index < -0.39 is 12.1 Å². The second-order valence-corrected chi connectivity index (χ2v) is 9.07. The van der Waals surface area contributed by atoms with E-state index in [1.54, 1.807) is 11.8 Å². The summed E-state index contributed by atoms with van der Waals surface area (Å²) in [5.74, 6) is 1.84. The summed E-state index contributed by atoms with van der Waals surface area (Å²) in [6.45, 7) is 4.32. The van der Waals surface area contributed by atoms with E-state index in [1.165, 1.54) is 0 Å². The number of aliphatic hydroxyl groups is 1. The molecule has 0 aliphatic carbocycles. The van der Waals surface area contributed by atoms with E-state index >= 15 is 0 Å². The minimum atomic E-state index is -0.677. The van der Waals surface area contributed by atoms with Crippen molar-refractivity contribution in [3.8, 4) is 11.3 Å². The summed E-state index contributed by atoms with van der Waals surface area (Å²) in [6, 6.07) is 16.2. The van der Waals surface area contributed by atoms with Crippen LogP contribution in [0.3, 0.4) is 0 Å². The van der Waals surface area contributed by atoms with Gasteiger partial charge in [0.05, 0.1) is 18.7 Å². The Kier molecular flexibility index (Phi) is 6.27. The zero-order valence-corrected chi connectivity index (χ0v) is 20.1. The average Bonchev–Trinajstić information content (AvgIpc) is 3.53. The van der Waals surface area contributed by atoms with Gasteiger partial charge in [0.1, 0.15) is 17.2 Å². The van der Waals surface area contributed by atoms with E-state index in [-0.39, 0.29) is 12.6 Å². The first-order valence-electron chi connectivity index (χ1n) is 11.3. The van der Waals surface area contributed by atoms with E-state index in [0.717, 1.165) is 17.0 Å². The maximum atomic E-state index is 13.5. The van der Waals surface area contributed by atoms with Crippen molar-refractivity contribution in [2.24, 2.45) is 0 Å². The summed E-state index contributed by atoms with van der Waals surface area (Å²) in [6.07, 6.45) is -0.316. The second kappa shape index (κ2) is 9.52. The van der Waals surface area contributed by atoms with Crippen LogP contribution in [0.2, 0.25) is 5.02 Å². The van der Waals surface area contributed by atoms with Crippen molar-refractivity contribution in [2.45, 2.75) is 39.0 Å². The third-order valence-corrected chi connectivity index (χ3v) is 6.45. The molecule has 9 nitrogen and oxygen atoms in total. The molecule has 3 heterocycles. The van der Waals surface area contributed by atoms with Crippen LogP contribution < -0.4 is 5.32 Å². The number of β-amino-alcohol motifs (C(OH)–C–C–N with tert-alkyl or cyclic N) is 1. The van der Waals surface area contributed by atoms with Crippen molar-refractivity contribution in [3.63, 3.8) is 0 Å². The predicted octanol–water partition coefficient (Wildman–Crippen LogP) is 4.59. The predicted molar refractivity (Wildman–Crippen MR) is 131 cm³/mol. The molecule has 1 saturated heterocycles. The Morgan fingerprint density at radius 3 is 2.63 bits per heavy atom. The lowest BCUT2D eigenvalue weighted by molar-refractivity contribution is 0.175. The maximum Gasteiger partial charge on any atom is 0.322 e. The molecule has 2 aromatic carbocycles. The molecule has 1 unspecified atom stereocenters. The van der Waals surface area contributed by atoms with Crippen molar-refractivity contribution in [1.82, 2.24) is 24.8 Å². The van der Waals surface area contributed by atoms with Crippen molar-refractivity contribution in [2.75, 3.05) is 11.9 Å². The fourth-order valence-electron chi connectivity index (χ4n) is 4.39. The number of nitrogens with one attached hydrogen (secondary N) is 1. The highest BCUT2D eigenvalue weighted by atomic mass is 35.5. The highest BCUT2D eigenvalue weighted by Crippen LogP contribution is 2.35. The van der Waals surface area contributed by atoms with Gasteiger partial charge in [0.15, 0.2) is 11.6 Å². The fraction of sp³-hybridized carbons (Fsp3) is 0.280. The van der Waals surface area contributed by atoms with Gasteiger partial charge in [-0.05, 0) is 31.5 Å². The minimum absolute atomic E-state index is 0.175. The molecule has 0 bridgehead atoms. The number of amides is 2. The molecule has 10 heteroatoms. The Morgan fingerprint density at radius 2 is 1.89 bits per heavy atom. The van der Waals surface area contributed by atoms with E-state index in [9.17, 15) is 9.90 Å². The molecule has 35 heavy (non-hydrogen) atoms. The van der Waals surface area contributed by atoms with Crippen molar-refractivity contribution in [1.29, 1.82) is 0 Å². The molecule has 2 atom stereocenters. The standard InChI is InChI=1S/C25H25ClN6O3/c1-15-22(23(30-35-15)18-6-4-3-5-7-18)27-25(34)32-14-20(33)12-21(32)24-29-28-16(2)31(24)13-17-8-10-19(26)11-9-17/h3-11,20-21,33H,12-14H2,1-2H3,(H,27,34)/t20-,21?/m0/s1. The molecule has 5 rings (SSSR count). The van der Waals surface area contributed by atoms with Gasteiger partial charge in [-0.2, -0.15) is 0 Å². The van der Waals surface area contributed by atoms with Gasteiger partial charge < -0.3 is 24.4 Å². The van der Waals surface area contributed by atoms with Crippen LogP contribution in [0.25, 0.3) is 11.3 Å². The number of benzene rings is 2. The lowest BCUT2D eigenvalue weighted by Crippen LogP contribution is -2.36. The first-order valence-corrected chi connectivity index (χ1v) is 11.7. The van der Waals surface area contributed by atoms with Crippen LogP contribution >= 0.6 is 11.6 Å². The number of nitrogens with zero attached hydrogens (tertiary/aromatic N) is 5. The van der Waals surface area contributed by atoms with Gasteiger partial charge in [0.25, 0.3) is 0 Å². The van der Waals surface area contributed by atoms with Crippen LogP contribution in [-0.4, -0.2) is 48.6 Å². The van der Waals surface area contributed by atoms with E-state index in [1.807, 2.05) is 66.1 Å². The Bertz CT molecular complexity index is 1340. The minimum Gasteiger partial charge on any atom is -0.391 e. The topological polar surface area (TPSA) is 109 Å². The number of carbonyl (C=O) groups is 1. The van der Waals surface area contributed by atoms with Gasteiger partial charge in [-0.1, -0.05) is 59.2 Å². The number of hydrogen-bond donors (Lipinski definition) is 2. The van der Waals surface area contributed by atoms with Gasteiger partial charge in [-0.15, -0.1) is 10.2 Å². The molecule has 2 N–H and O–H groups in total. The zero-order valence-electron chi connectivity index (χ0n) is 19.3. The molecule has 1 aliphatic heterocycles. The third-order valence-electron chi connectivity index (χ3n) is 6.20. The summed E-state index contributed by atoms with van der Waals surface area (Å²) in [5.41, 5.74) is 2.91. The lowest BCUT2D eigenvalue weighted by Gasteiger charge is -2.24. The molecule has 2 aromatic heterocycles. The smallest absolute Gasteiger partial charge is 0.322 e. The lowest BCUT2D eigenvalue weighted by atomic mass is 10.1. The van der Waals surface area contributed by atoms with Crippen LogP contribution in [0.4, 0.5) is 10.5 Å². The van der Waals surface area contributed by atoms with Crippen LogP contribution in [-0.2, 0) is 6.54 Å². The van der Waals surface area contributed by atoms with E-state index in [2.05, 4.69) is 20.7 Å². The molecule has 0 spiro atoms. The zero-order chi connectivity index (χ0) is 24.5. The van der Waals surface area contributed by atoms with Gasteiger partial charge in [0, 0.05) is 23.6 Å². The number of anilines is 1. The van der Waals surface area contributed by atoms with Crippen LogP contribution in [0, 0.1) is 13.8 Å². The fourth-order valence-corrected chi connectivity index (χ4v) is 4.51. The third kappa shape index (κ3) is 4.65. The van der Waals surface area contributed by atoms with E-state index in [0.29, 0.717) is 41.0 Å². The van der Waals surface area contributed by atoms with Gasteiger partial charge in [-0.3, -0.25) is 0 Å². The Labute approximate surface area is 207 Å². The highest BCUT2D eigenvalue weighted by molar-refractivity contribution is 6.30. The number of carbonyl (C=O) groups excluding carboxylic acids is 1. The normalized spacial score (nSPS) is 17.7. The molecular formula is C25H25ClN6O3. The number of halogens is 1. The summed E-state index contributed by atoms with van der Waals surface area (Å²) < 4.78 is 7.34. The maximum absolute atomic E-state index is 13.5. The summed E-state index contributed by atoms with van der Waals surface area (Å²) >= 11 is 6.03. The van der Waals surface area contributed by atoms with Crippen molar-refractivity contribution < 1.29 is 14.4 Å². The van der Waals surface area contributed by atoms with Crippen molar-refractivity contribution >= 4 is 23.3 Å². The number of aromatic nitrogens is 4. The van der Waals surface area contributed by atoms with Gasteiger partial charge in [-0.25, -0.2) is 4.79 Å². The molecule has 4 aromatic rings. The Hall–Kier alpha value is -3.69. The SMILES string of the molecule is Cc1onc(-c2ccccc2)c1NC(=O)N1C[C@@H](O)CC1c1nnc(C)n1Cc1ccc(Cl)cc1. The molecule has 0 saturated carbocycles.